The maximum Gasteiger partial charge on any atom is 0.321 e. The van der Waals surface area contributed by atoms with Gasteiger partial charge in [0.15, 0.2) is 0 Å². The molecule has 1 saturated heterocycles. The minimum atomic E-state index is -0.387. The number of nitrogens with zero attached hydrogens (tertiary/aromatic N) is 3. The number of halogens is 1. The van der Waals surface area contributed by atoms with Gasteiger partial charge in [-0.05, 0) is 55.2 Å². The van der Waals surface area contributed by atoms with Gasteiger partial charge in [-0.1, -0.05) is 36.5 Å². The summed E-state index contributed by atoms with van der Waals surface area (Å²) in [6, 6.07) is 13.2. The van der Waals surface area contributed by atoms with E-state index in [2.05, 4.69) is 27.8 Å². The monoisotopic (exact) mass is 453 g/mol. The summed E-state index contributed by atoms with van der Waals surface area (Å²) < 4.78 is 13.0. The van der Waals surface area contributed by atoms with Gasteiger partial charge in [-0.15, -0.1) is 10.2 Å². The van der Waals surface area contributed by atoms with Gasteiger partial charge in [-0.25, -0.2) is 9.18 Å². The Hall–Kier alpha value is -3.33. The van der Waals surface area contributed by atoms with Gasteiger partial charge in [-0.3, -0.25) is 4.79 Å². The number of carbonyl (C=O) groups is 2. The molecule has 2 N–H and O–H groups in total. The average Bonchev–Trinajstić information content (AvgIpc) is 3.32. The van der Waals surface area contributed by atoms with E-state index in [1.807, 2.05) is 24.3 Å². The summed E-state index contributed by atoms with van der Waals surface area (Å²) in [6.07, 6.45) is 2.57. The van der Waals surface area contributed by atoms with Crippen LogP contribution in [0.4, 0.5) is 20.6 Å². The Labute approximate surface area is 189 Å². The van der Waals surface area contributed by atoms with E-state index >= 15 is 0 Å². The second kappa shape index (κ2) is 9.86. The summed E-state index contributed by atoms with van der Waals surface area (Å²) in [5.41, 5.74) is 2.41. The summed E-state index contributed by atoms with van der Waals surface area (Å²) >= 11 is 1.23. The quantitative estimate of drug-likeness (QED) is 0.575. The summed E-state index contributed by atoms with van der Waals surface area (Å²) in [4.78, 5) is 27.1. The minimum Gasteiger partial charge on any atom is -0.324 e. The fraction of sp³-hybridized carbons (Fsp3) is 0.304. The Morgan fingerprint density at radius 1 is 1.12 bits per heavy atom. The lowest BCUT2D eigenvalue weighted by atomic mass is 9.99. The first-order chi connectivity index (χ1) is 15.5. The molecule has 166 valence electrons. The third-order valence-corrected chi connectivity index (χ3v) is 6.52. The van der Waals surface area contributed by atoms with Gasteiger partial charge in [0.05, 0.1) is 0 Å². The predicted molar refractivity (Wildman–Crippen MR) is 123 cm³/mol. The molecular weight excluding hydrogens is 429 g/mol. The zero-order valence-corrected chi connectivity index (χ0v) is 18.5. The Kier molecular flexibility index (Phi) is 6.75. The van der Waals surface area contributed by atoms with Crippen LogP contribution >= 0.6 is 11.3 Å². The van der Waals surface area contributed by atoms with Gasteiger partial charge in [0.2, 0.25) is 5.01 Å². The van der Waals surface area contributed by atoms with Crippen LogP contribution in [-0.2, 0) is 6.42 Å². The molecule has 9 heteroatoms. The van der Waals surface area contributed by atoms with Crippen LogP contribution in [0.15, 0.2) is 48.5 Å². The van der Waals surface area contributed by atoms with Gasteiger partial charge in [0, 0.05) is 30.4 Å². The smallest absolute Gasteiger partial charge is 0.321 e. The average molecular weight is 454 g/mol. The molecular formula is C23H24FN5O2S. The summed E-state index contributed by atoms with van der Waals surface area (Å²) in [7, 11) is 0. The molecule has 0 radical (unpaired) electrons. The number of hydrogen-bond acceptors (Lipinski definition) is 5. The third kappa shape index (κ3) is 5.11. The van der Waals surface area contributed by atoms with E-state index < -0.39 is 0 Å². The van der Waals surface area contributed by atoms with Gasteiger partial charge in [0.1, 0.15) is 10.8 Å². The first kappa shape index (κ1) is 21.9. The van der Waals surface area contributed by atoms with E-state index in [4.69, 9.17) is 0 Å². The zero-order valence-electron chi connectivity index (χ0n) is 17.7. The van der Waals surface area contributed by atoms with Crippen LogP contribution in [0.3, 0.4) is 0 Å². The molecule has 0 unspecified atom stereocenters. The van der Waals surface area contributed by atoms with Crippen LogP contribution in [0.2, 0.25) is 0 Å². The third-order valence-electron chi connectivity index (χ3n) is 5.43. The maximum atomic E-state index is 13.0. The van der Waals surface area contributed by atoms with Crippen LogP contribution in [-0.4, -0.2) is 40.1 Å². The maximum absolute atomic E-state index is 13.0. The highest BCUT2D eigenvalue weighted by atomic mass is 32.1. The number of hydrogen-bond donors (Lipinski definition) is 2. The first-order valence-electron chi connectivity index (χ1n) is 10.6. The number of carbonyl (C=O) groups excluding carboxylic acids is 2. The number of piperidine rings is 1. The van der Waals surface area contributed by atoms with E-state index in [-0.39, 0.29) is 28.7 Å². The first-order valence-corrected chi connectivity index (χ1v) is 11.4. The molecule has 0 spiro atoms. The van der Waals surface area contributed by atoms with Gasteiger partial charge in [-0.2, -0.15) is 0 Å². The molecule has 1 fully saturated rings. The molecule has 3 amide bonds. The second-order valence-electron chi connectivity index (χ2n) is 7.63. The van der Waals surface area contributed by atoms with Crippen molar-refractivity contribution in [2.75, 3.05) is 23.7 Å². The van der Waals surface area contributed by atoms with Crippen LogP contribution in [0.1, 0.15) is 46.1 Å². The van der Waals surface area contributed by atoms with Crippen LogP contribution in [0.25, 0.3) is 0 Å². The van der Waals surface area contributed by atoms with Crippen LogP contribution in [0, 0.1) is 5.82 Å². The highest BCUT2D eigenvalue weighted by Crippen LogP contribution is 2.30. The molecule has 2 heterocycles. The zero-order chi connectivity index (χ0) is 22.5. The number of aryl methyl sites for hydroxylation is 1. The highest BCUT2D eigenvalue weighted by molar-refractivity contribution is 7.13. The number of urea groups is 1. The molecule has 1 atom stereocenters. The Morgan fingerprint density at radius 3 is 2.69 bits per heavy atom. The van der Waals surface area contributed by atoms with Crippen molar-refractivity contribution in [3.05, 3.63) is 69.9 Å². The topological polar surface area (TPSA) is 87.2 Å². The number of amides is 3. The van der Waals surface area contributed by atoms with Gasteiger partial charge >= 0.3 is 6.03 Å². The molecule has 0 aliphatic carbocycles. The Balaban J connectivity index is 1.39. The SMILES string of the molecule is CCc1ccccc1NC(=O)N1CCC[C@H](c2nnc(C(=O)Nc3ccc(F)cc3)s2)C1. The van der Waals surface area contributed by atoms with Crippen molar-refractivity contribution >= 4 is 34.6 Å². The summed E-state index contributed by atoms with van der Waals surface area (Å²) in [5.74, 6) is -0.729. The van der Waals surface area contributed by atoms with E-state index in [0.29, 0.717) is 18.8 Å². The van der Waals surface area contributed by atoms with Crippen molar-refractivity contribution in [2.45, 2.75) is 32.1 Å². The molecule has 7 nitrogen and oxygen atoms in total. The molecule has 1 aliphatic heterocycles. The Morgan fingerprint density at radius 2 is 1.91 bits per heavy atom. The summed E-state index contributed by atoms with van der Waals surface area (Å²) in [5, 5.41) is 14.9. The van der Waals surface area contributed by atoms with Crippen LogP contribution in [0.5, 0.6) is 0 Å². The lowest BCUT2D eigenvalue weighted by Gasteiger charge is -2.31. The van der Waals surface area contributed by atoms with E-state index in [1.165, 1.54) is 35.6 Å². The van der Waals surface area contributed by atoms with Crippen molar-refractivity contribution < 1.29 is 14.0 Å². The van der Waals surface area contributed by atoms with Gasteiger partial charge in [0.25, 0.3) is 5.91 Å². The number of rotatable bonds is 5. The molecule has 1 aromatic heterocycles. The number of para-hydroxylation sites is 1. The number of anilines is 2. The van der Waals surface area contributed by atoms with Crippen LogP contribution < -0.4 is 10.6 Å². The van der Waals surface area contributed by atoms with E-state index in [0.717, 1.165) is 35.5 Å². The fourth-order valence-electron chi connectivity index (χ4n) is 3.72. The van der Waals surface area contributed by atoms with Crippen molar-refractivity contribution in [1.82, 2.24) is 15.1 Å². The molecule has 32 heavy (non-hydrogen) atoms. The molecule has 3 aromatic rings. The largest absolute Gasteiger partial charge is 0.324 e. The normalized spacial score (nSPS) is 15.9. The molecule has 2 aromatic carbocycles. The van der Waals surface area contributed by atoms with Crippen molar-refractivity contribution in [3.63, 3.8) is 0 Å². The number of nitrogens with one attached hydrogen (secondary N) is 2. The number of aromatic nitrogens is 2. The lowest BCUT2D eigenvalue weighted by molar-refractivity contribution is 0.102. The predicted octanol–water partition coefficient (Wildman–Crippen LogP) is 4.90. The lowest BCUT2D eigenvalue weighted by Crippen LogP contribution is -2.41. The molecule has 0 bridgehead atoms. The minimum absolute atomic E-state index is 0.0285. The fourth-order valence-corrected chi connectivity index (χ4v) is 4.58. The molecule has 0 saturated carbocycles. The van der Waals surface area contributed by atoms with Crippen molar-refractivity contribution in [1.29, 1.82) is 0 Å². The van der Waals surface area contributed by atoms with Crippen molar-refractivity contribution in [2.24, 2.45) is 0 Å². The van der Waals surface area contributed by atoms with E-state index in [1.54, 1.807) is 4.90 Å². The van der Waals surface area contributed by atoms with E-state index in [9.17, 15) is 14.0 Å². The number of likely N-dealkylation sites (tertiary alicyclic amines) is 1. The summed E-state index contributed by atoms with van der Waals surface area (Å²) in [6.45, 7) is 3.25. The number of benzene rings is 2. The second-order valence-corrected chi connectivity index (χ2v) is 8.64. The molecule has 1 aliphatic rings. The Bertz CT molecular complexity index is 1100. The highest BCUT2D eigenvalue weighted by Gasteiger charge is 2.28. The standard InChI is InChI=1S/C23H24FN5O2S/c1-2-15-6-3-4-8-19(15)26-23(31)29-13-5-7-16(14-29)21-27-28-22(32-21)20(30)25-18-11-9-17(24)10-12-18/h3-4,6,8-12,16H,2,5,7,13-14H2,1H3,(H,25,30)(H,26,31)/t16-/m0/s1. The van der Waals surface area contributed by atoms with Gasteiger partial charge < -0.3 is 15.5 Å². The van der Waals surface area contributed by atoms with Crippen molar-refractivity contribution in [3.8, 4) is 0 Å². The molecule has 4 rings (SSSR count).